The maximum atomic E-state index is 11.8. The van der Waals surface area contributed by atoms with Gasteiger partial charge in [0, 0.05) is 23.6 Å². The summed E-state index contributed by atoms with van der Waals surface area (Å²) in [5.41, 5.74) is 1.81. The third-order valence-corrected chi connectivity index (χ3v) is 3.12. The third kappa shape index (κ3) is 3.40. The summed E-state index contributed by atoms with van der Waals surface area (Å²) in [7, 11) is 0. The molecule has 1 N–H and O–H groups in total. The van der Waals surface area contributed by atoms with E-state index in [-0.39, 0.29) is 5.91 Å². The second kappa shape index (κ2) is 6.30. The molecule has 1 heterocycles. The standard InChI is InChI=1S/C12H13BrN4O/c13-9-10-1-3-11(4-2-10)12(18)14-5-7-17-8-6-15-16-17/h1-4,6,8H,5,7,9H2,(H,14,18). The zero-order valence-electron chi connectivity index (χ0n) is 9.71. The number of alkyl halides is 1. The fourth-order valence-electron chi connectivity index (χ4n) is 1.48. The third-order valence-electron chi connectivity index (χ3n) is 2.47. The van der Waals surface area contributed by atoms with E-state index in [0.29, 0.717) is 18.7 Å². The van der Waals surface area contributed by atoms with Gasteiger partial charge in [-0.25, -0.2) is 0 Å². The van der Waals surface area contributed by atoms with E-state index in [4.69, 9.17) is 0 Å². The van der Waals surface area contributed by atoms with E-state index in [1.165, 1.54) is 0 Å². The Morgan fingerprint density at radius 2 is 2.11 bits per heavy atom. The van der Waals surface area contributed by atoms with Crippen LogP contribution in [0.25, 0.3) is 0 Å². The van der Waals surface area contributed by atoms with Gasteiger partial charge in [0.2, 0.25) is 0 Å². The van der Waals surface area contributed by atoms with E-state index in [0.717, 1.165) is 10.9 Å². The highest BCUT2D eigenvalue weighted by Gasteiger charge is 2.04. The molecule has 0 atom stereocenters. The summed E-state index contributed by atoms with van der Waals surface area (Å²) < 4.78 is 1.67. The highest BCUT2D eigenvalue weighted by molar-refractivity contribution is 9.08. The van der Waals surface area contributed by atoms with Crippen LogP contribution in [0.5, 0.6) is 0 Å². The highest BCUT2D eigenvalue weighted by Crippen LogP contribution is 2.07. The molecule has 0 bridgehead atoms. The Morgan fingerprint density at radius 1 is 1.33 bits per heavy atom. The van der Waals surface area contributed by atoms with Gasteiger partial charge in [0.15, 0.2) is 0 Å². The van der Waals surface area contributed by atoms with Gasteiger partial charge in [-0.3, -0.25) is 9.48 Å². The number of aromatic nitrogens is 3. The summed E-state index contributed by atoms with van der Waals surface area (Å²) in [6.45, 7) is 1.15. The molecule has 0 saturated carbocycles. The maximum absolute atomic E-state index is 11.8. The molecular weight excluding hydrogens is 296 g/mol. The van der Waals surface area contributed by atoms with Crippen molar-refractivity contribution in [2.75, 3.05) is 6.54 Å². The molecule has 0 aliphatic rings. The predicted molar refractivity (Wildman–Crippen MR) is 71.4 cm³/mol. The van der Waals surface area contributed by atoms with E-state index in [2.05, 4.69) is 31.6 Å². The highest BCUT2D eigenvalue weighted by atomic mass is 79.9. The average molecular weight is 309 g/mol. The monoisotopic (exact) mass is 308 g/mol. The van der Waals surface area contributed by atoms with Crippen LogP contribution in [-0.2, 0) is 11.9 Å². The number of amides is 1. The number of hydrogen-bond acceptors (Lipinski definition) is 3. The fourth-order valence-corrected chi connectivity index (χ4v) is 1.86. The number of nitrogens with zero attached hydrogens (tertiary/aromatic N) is 3. The van der Waals surface area contributed by atoms with Crippen LogP contribution in [0.4, 0.5) is 0 Å². The molecule has 0 saturated heterocycles. The molecule has 5 nitrogen and oxygen atoms in total. The lowest BCUT2D eigenvalue weighted by molar-refractivity contribution is 0.0952. The van der Waals surface area contributed by atoms with Crippen molar-refractivity contribution < 1.29 is 4.79 Å². The van der Waals surface area contributed by atoms with Crippen LogP contribution < -0.4 is 5.32 Å². The molecule has 0 spiro atoms. The van der Waals surface area contributed by atoms with E-state index >= 15 is 0 Å². The zero-order chi connectivity index (χ0) is 12.8. The lowest BCUT2D eigenvalue weighted by Crippen LogP contribution is -2.27. The van der Waals surface area contributed by atoms with Crippen molar-refractivity contribution in [3.63, 3.8) is 0 Å². The first-order valence-electron chi connectivity index (χ1n) is 5.57. The van der Waals surface area contributed by atoms with Gasteiger partial charge in [0.05, 0.1) is 12.7 Å². The van der Waals surface area contributed by atoms with Crippen molar-refractivity contribution in [3.05, 3.63) is 47.8 Å². The van der Waals surface area contributed by atoms with Gasteiger partial charge in [-0.2, -0.15) is 0 Å². The Hall–Kier alpha value is -1.69. The minimum Gasteiger partial charge on any atom is -0.350 e. The first kappa shape index (κ1) is 12.8. The number of rotatable bonds is 5. The second-order valence-corrected chi connectivity index (χ2v) is 4.31. The van der Waals surface area contributed by atoms with E-state index in [1.54, 1.807) is 17.1 Å². The van der Waals surface area contributed by atoms with Gasteiger partial charge >= 0.3 is 0 Å². The minimum absolute atomic E-state index is 0.0729. The molecule has 1 aromatic carbocycles. The predicted octanol–water partition coefficient (Wildman–Crippen LogP) is 1.60. The van der Waals surface area contributed by atoms with Crippen molar-refractivity contribution in [1.29, 1.82) is 0 Å². The zero-order valence-corrected chi connectivity index (χ0v) is 11.3. The number of carbonyl (C=O) groups is 1. The molecule has 94 valence electrons. The number of nitrogens with one attached hydrogen (secondary N) is 1. The van der Waals surface area contributed by atoms with Crippen LogP contribution in [0.1, 0.15) is 15.9 Å². The van der Waals surface area contributed by atoms with Crippen LogP contribution in [0.3, 0.4) is 0 Å². The quantitative estimate of drug-likeness (QED) is 0.854. The summed E-state index contributed by atoms with van der Waals surface area (Å²) in [4.78, 5) is 11.8. The van der Waals surface area contributed by atoms with Crippen LogP contribution in [0.15, 0.2) is 36.7 Å². The Morgan fingerprint density at radius 3 is 2.72 bits per heavy atom. The molecule has 0 unspecified atom stereocenters. The molecule has 18 heavy (non-hydrogen) atoms. The van der Waals surface area contributed by atoms with Crippen LogP contribution in [-0.4, -0.2) is 27.4 Å². The second-order valence-electron chi connectivity index (χ2n) is 3.75. The molecule has 6 heteroatoms. The van der Waals surface area contributed by atoms with Crippen molar-refractivity contribution in [2.45, 2.75) is 11.9 Å². The van der Waals surface area contributed by atoms with E-state index in [9.17, 15) is 4.79 Å². The Labute approximate surface area is 113 Å². The van der Waals surface area contributed by atoms with Crippen LogP contribution in [0, 0.1) is 0 Å². The molecule has 2 aromatic rings. The molecule has 1 amide bonds. The SMILES string of the molecule is O=C(NCCn1ccnn1)c1ccc(CBr)cc1. The molecule has 2 rings (SSSR count). The van der Waals surface area contributed by atoms with Gasteiger partial charge in [0.25, 0.3) is 5.91 Å². The summed E-state index contributed by atoms with van der Waals surface area (Å²) in [5, 5.41) is 11.1. The van der Waals surface area contributed by atoms with Crippen molar-refractivity contribution >= 4 is 21.8 Å². The average Bonchev–Trinajstić information content (AvgIpc) is 2.92. The van der Waals surface area contributed by atoms with Crippen molar-refractivity contribution in [1.82, 2.24) is 20.3 Å². The Bertz CT molecular complexity index is 495. The summed E-state index contributed by atoms with van der Waals surface area (Å²) >= 11 is 3.37. The van der Waals surface area contributed by atoms with Gasteiger partial charge in [-0.1, -0.05) is 33.3 Å². The van der Waals surface area contributed by atoms with Gasteiger partial charge in [-0.05, 0) is 17.7 Å². The van der Waals surface area contributed by atoms with Gasteiger partial charge in [-0.15, -0.1) is 5.10 Å². The smallest absolute Gasteiger partial charge is 0.251 e. The Balaban J connectivity index is 1.83. The summed E-state index contributed by atoms with van der Waals surface area (Å²) in [6, 6.07) is 7.50. The summed E-state index contributed by atoms with van der Waals surface area (Å²) in [5.74, 6) is -0.0729. The number of carbonyl (C=O) groups excluding carboxylic acids is 1. The molecule has 0 aliphatic carbocycles. The molecule has 1 aromatic heterocycles. The lowest BCUT2D eigenvalue weighted by Gasteiger charge is -2.05. The number of halogens is 1. The normalized spacial score (nSPS) is 10.3. The largest absolute Gasteiger partial charge is 0.350 e. The lowest BCUT2D eigenvalue weighted by atomic mass is 10.1. The van der Waals surface area contributed by atoms with Gasteiger partial charge < -0.3 is 5.32 Å². The van der Waals surface area contributed by atoms with Crippen LogP contribution in [0.2, 0.25) is 0 Å². The molecular formula is C12H13BrN4O. The molecule has 0 fully saturated rings. The Kier molecular flexibility index (Phi) is 4.46. The first-order valence-corrected chi connectivity index (χ1v) is 6.69. The fraction of sp³-hybridized carbons (Fsp3) is 0.250. The van der Waals surface area contributed by atoms with Crippen LogP contribution >= 0.6 is 15.9 Å². The van der Waals surface area contributed by atoms with E-state index in [1.807, 2.05) is 24.3 Å². The molecule has 0 aliphatic heterocycles. The topological polar surface area (TPSA) is 59.8 Å². The number of hydrogen-bond donors (Lipinski definition) is 1. The summed E-state index contributed by atoms with van der Waals surface area (Å²) in [6.07, 6.45) is 3.37. The first-order chi connectivity index (χ1) is 8.79. The maximum Gasteiger partial charge on any atom is 0.251 e. The number of benzene rings is 1. The minimum atomic E-state index is -0.0729. The van der Waals surface area contributed by atoms with Crippen molar-refractivity contribution in [3.8, 4) is 0 Å². The molecule has 0 radical (unpaired) electrons. The van der Waals surface area contributed by atoms with E-state index < -0.39 is 0 Å². The van der Waals surface area contributed by atoms with Gasteiger partial charge in [0.1, 0.15) is 0 Å². The van der Waals surface area contributed by atoms with Crippen molar-refractivity contribution in [2.24, 2.45) is 0 Å².